The van der Waals surface area contributed by atoms with Crippen LogP contribution >= 0.6 is 0 Å². The zero-order valence-corrected chi connectivity index (χ0v) is 14.3. The van der Waals surface area contributed by atoms with Gasteiger partial charge in [0.2, 0.25) is 5.91 Å². The van der Waals surface area contributed by atoms with Crippen molar-refractivity contribution in [1.29, 1.82) is 0 Å². The number of likely N-dealkylation sites (tertiary alicyclic amines) is 1. The maximum atomic E-state index is 13.0. The molecule has 2 fully saturated rings. The largest absolute Gasteiger partial charge is 0.416 e. The number of nitrogens with one attached hydrogen (secondary N) is 1. The Bertz CT molecular complexity index is 693. The van der Waals surface area contributed by atoms with Crippen molar-refractivity contribution in [3.05, 3.63) is 35.4 Å². The van der Waals surface area contributed by atoms with E-state index in [0.29, 0.717) is 44.3 Å². The van der Waals surface area contributed by atoms with Crippen LogP contribution in [0.5, 0.6) is 0 Å². The average Bonchev–Trinajstić information content (AvgIpc) is 2.54. The predicted molar refractivity (Wildman–Crippen MR) is 89.3 cm³/mol. The van der Waals surface area contributed by atoms with E-state index in [0.717, 1.165) is 18.6 Å². The number of carbonyl (C=O) groups excluding carboxylic acids is 2. The van der Waals surface area contributed by atoms with E-state index in [2.05, 4.69) is 5.32 Å². The van der Waals surface area contributed by atoms with Crippen molar-refractivity contribution >= 4 is 11.9 Å². The Kier molecular flexibility index (Phi) is 4.86. The molecule has 1 aromatic carbocycles. The standard InChI is InChI=1S/C18H22F3N3O2/c19-18(20,21)13-4-1-3-12(11-13)17(7-2-8-17)15(25)23-14-5-9-24(10-6-14)16(22)26/h1,3-4,11,14H,2,5-10H2,(H2,22,26)(H,23,25). The quantitative estimate of drug-likeness (QED) is 0.860. The van der Waals surface area contributed by atoms with E-state index in [1.807, 2.05) is 0 Å². The van der Waals surface area contributed by atoms with E-state index in [4.69, 9.17) is 5.73 Å². The lowest BCUT2D eigenvalue weighted by Gasteiger charge is -2.42. The first kappa shape index (κ1) is 18.5. The van der Waals surface area contributed by atoms with Gasteiger partial charge in [0.25, 0.3) is 0 Å². The summed E-state index contributed by atoms with van der Waals surface area (Å²) in [6.45, 7) is 0.938. The van der Waals surface area contributed by atoms with Crippen molar-refractivity contribution in [1.82, 2.24) is 10.2 Å². The number of rotatable bonds is 3. The number of alkyl halides is 3. The molecule has 5 nitrogen and oxygen atoms in total. The van der Waals surface area contributed by atoms with E-state index in [-0.39, 0.29) is 11.9 Å². The van der Waals surface area contributed by atoms with Gasteiger partial charge in [-0.15, -0.1) is 0 Å². The molecule has 8 heteroatoms. The molecule has 0 aromatic heterocycles. The maximum absolute atomic E-state index is 13.0. The zero-order valence-electron chi connectivity index (χ0n) is 14.3. The summed E-state index contributed by atoms with van der Waals surface area (Å²) < 4.78 is 39.0. The number of primary amides is 1. The monoisotopic (exact) mass is 369 g/mol. The van der Waals surface area contributed by atoms with Gasteiger partial charge in [-0.2, -0.15) is 13.2 Å². The number of urea groups is 1. The molecule has 26 heavy (non-hydrogen) atoms. The fourth-order valence-electron chi connectivity index (χ4n) is 3.74. The number of hydrogen-bond donors (Lipinski definition) is 2. The van der Waals surface area contributed by atoms with Crippen LogP contribution < -0.4 is 11.1 Å². The molecule has 1 saturated carbocycles. The summed E-state index contributed by atoms with van der Waals surface area (Å²) in [6, 6.07) is 4.50. The molecule has 2 aliphatic rings. The Hall–Kier alpha value is -2.25. The van der Waals surface area contributed by atoms with Crippen molar-refractivity contribution in [3.8, 4) is 0 Å². The lowest BCUT2D eigenvalue weighted by Crippen LogP contribution is -2.55. The number of benzene rings is 1. The van der Waals surface area contributed by atoms with Gasteiger partial charge < -0.3 is 16.0 Å². The van der Waals surface area contributed by atoms with Gasteiger partial charge in [-0.25, -0.2) is 4.79 Å². The van der Waals surface area contributed by atoms with Crippen molar-refractivity contribution in [2.45, 2.75) is 49.7 Å². The van der Waals surface area contributed by atoms with Crippen LogP contribution in [0.15, 0.2) is 24.3 Å². The SMILES string of the molecule is NC(=O)N1CCC(NC(=O)C2(c3cccc(C(F)(F)F)c3)CCC2)CC1. The van der Waals surface area contributed by atoms with Gasteiger partial charge in [-0.05, 0) is 37.3 Å². The summed E-state index contributed by atoms with van der Waals surface area (Å²) >= 11 is 0. The van der Waals surface area contributed by atoms with Gasteiger partial charge in [-0.3, -0.25) is 4.79 Å². The smallest absolute Gasteiger partial charge is 0.352 e. The number of nitrogens with zero attached hydrogens (tertiary/aromatic N) is 1. The molecular formula is C18H22F3N3O2. The first-order valence-corrected chi connectivity index (χ1v) is 8.75. The van der Waals surface area contributed by atoms with E-state index < -0.39 is 23.2 Å². The van der Waals surface area contributed by atoms with Crippen LogP contribution in [0.1, 0.15) is 43.2 Å². The Morgan fingerprint density at radius 1 is 1.19 bits per heavy atom. The highest BCUT2D eigenvalue weighted by atomic mass is 19.4. The van der Waals surface area contributed by atoms with Crippen molar-refractivity contribution < 1.29 is 22.8 Å². The Morgan fingerprint density at radius 3 is 2.35 bits per heavy atom. The molecule has 3 rings (SSSR count). The molecular weight excluding hydrogens is 347 g/mol. The highest BCUT2D eigenvalue weighted by Gasteiger charge is 2.47. The van der Waals surface area contributed by atoms with Crippen LogP contribution in [0.2, 0.25) is 0 Å². The summed E-state index contributed by atoms with van der Waals surface area (Å²) in [7, 11) is 0. The highest BCUT2D eigenvalue weighted by Crippen LogP contribution is 2.45. The molecule has 1 aromatic rings. The van der Waals surface area contributed by atoms with Gasteiger partial charge >= 0.3 is 12.2 Å². The molecule has 0 spiro atoms. The summed E-state index contributed by atoms with van der Waals surface area (Å²) in [6.07, 6.45) is -1.36. The van der Waals surface area contributed by atoms with Gasteiger partial charge in [-0.1, -0.05) is 24.6 Å². The first-order valence-electron chi connectivity index (χ1n) is 8.75. The third-order valence-electron chi connectivity index (χ3n) is 5.53. The third kappa shape index (κ3) is 3.50. The summed E-state index contributed by atoms with van der Waals surface area (Å²) in [5.74, 6) is -0.222. The van der Waals surface area contributed by atoms with Crippen LogP contribution in [0.4, 0.5) is 18.0 Å². The Balaban J connectivity index is 1.72. The number of hydrogen-bond acceptors (Lipinski definition) is 2. The van der Waals surface area contributed by atoms with Crippen LogP contribution in [0.25, 0.3) is 0 Å². The van der Waals surface area contributed by atoms with Gasteiger partial charge in [0.05, 0.1) is 11.0 Å². The first-order chi connectivity index (χ1) is 12.2. The third-order valence-corrected chi connectivity index (χ3v) is 5.53. The molecule has 0 atom stereocenters. The molecule has 3 amide bonds. The van der Waals surface area contributed by atoms with Gasteiger partial charge in [0.15, 0.2) is 0 Å². The van der Waals surface area contributed by atoms with Crippen LogP contribution in [-0.2, 0) is 16.4 Å². The average molecular weight is 369 g/mol. The van der Waals surface area contributed by atoms with Crippen LogP contribution in [-0.4, -0.2) is 36.0 Å². The van der Waals surface area contributed by atoms with Crippen LogP contribution in [0, 0.1) is 0 Å². The summed E-state index contributed by atoms with van der Waals surface area (Å²) in [5, 5.41) is 2.98. The Morgan fingerprint density at radius 2 is 1.85 bits per heavy atom. The molecule has 3 N–H and O–H groups in total. The fraction of sp³-hybridized carbons (Fsp3) is 0.556. The van der Waals surface area contributed by atoms with E-state index >= 15 is 0 Å². The molecule has 1 heterocycles. The zero-order chi connectivity index (χ0) is 18.9. The van der Waals surface area contributed by atoms with E-state index in [1.54, 1.807) is 6.07 Å². The molecule has 1 aliphatic heterocycles. The van der Waals surface area contributed by atoms with Gasteiger partial charge in [0, 0.05) is 19.1 Å². The lowest BCUT2D eigenvalue weighted by atomic mass is 9.63. The van der Waals surface area contributed by atoms with E-state index in [9.17, 15) is 22.8 Å². The minimum Gasteiger partial charge on any atom is -0.352 e. The van der Waals surface area contributed by atoms with Crippen LogP contribution in [0.3, 0.4) is 0 Å². The summed E-state index contributed by atoms with van der Waals surface area (Å²) in [5.41, 5.74) is 4.05. The number of amides is 3. The van der Waals surface area contributed by atoms with Crippen molar-refractivity contribution in [2.75, 3.05) is 13.1 Å². The molecule has 0 radical (unpaired) electrons. The molecule has 1 aliphatic carbocycles. The lowest BCUT2D eigenvalue weighted by molar-refractivity contribution is -0.138. The van der Waals surface area contributed by atoms with Crippen molar-refractivity contribution in [3.63, 3.8) is 0 Å². The second-order valence-corrected chi connectivity index (χ2v) is 7.09. The molecule has 1 saturated heterocycles. The summed E-state index contributed by atoms with van der Waals surface area (Å²) in [4.78, 5) is 25.6. The van der Waals surface area contributed by atoms with E-state index in [1.165, 1.54) is 11.0 Å². The van der Waals surface area contributed by atoms with Crippen molar-refractivity contribution in [2.24, 2.45) is 5.73 Å². The highest BCUT2D eigenvalue weighted by molar-refractivity contribution is 5.89. The van der Waals surface area contributed by atoms with Gasteiger partial charge in [0.1, 0.15) is 0 Å². The fourth-order valence-corrected chi connectivity index (χ4v) is 3.74. The number of halogens is 3. The molecule has 0 bridgehead atoms. The second-order valence-electron chi connectivity index (χ2n) is 7.09. The minimum absolute atomic E-state index is 0.0960. The minimum atomic E-state index is -4.43. The maximum Gasteiger partial charge on any atom is 0.416 e. The normalized spacial score (nSPS) is 20.3. The Labute approximate surface area is 149 Å². The number of carbonyl (C=O) groups is 2. The number of nitrogens with two attached hydrogens (primary N) is 1. The second kappa shape index (κ2) is 6.81. The predicted octanol–water partition coefficient (Wildman–Crippen LogP) is 2.79. The topological polar surface area (TPSA) is 75.4 Å². The number of piperidine rings is 1. The molecule has 0 unspecified atom stereocenters. The molecule has 142 valence electrons.